The standard InChI is InChI=1S/C20H22N2O5/c1-22(17-6-4-3-5-16(17)20(24)25-2)19(23)14-7-8-18(21-13-14)27-15-9-11-26-12-10-15/h3-8,13,15H,9-12H2,1-2H3. The van der Waals surface area contributed by atoms with Gasteiger partial charge >= 0.3 is 5.97 Å². The maximum atomic E-state index is 12.8. The van der Waals surface area contributed by atoms with Gasteiger partial charge in [0.1, 0.15) is 6.10 Å². The number of esters is 1. The molecule has 1 aromatic heterocycles. The number of nitrogens with zero attached hydrogens (tertiary/aromatic N) is 2. The molecule has 1 aliphatic rings. The zero-order valence-corrected chi connectivity index (χ0v) is 15.4. The fourth-order valence-corrected chi connectivity index (χ4v) is 2.89. The minimum absolute atomic E-state index is 0.0856. The van der Waals surface area contributed by atoms with Crippen molar-refractivity contribution >= 4 is 17.6 Å². The first kappa shape index (κ1) is 18.8. The van der Waals surface area contributed by atoms with Crippen LogP contribution in [-0.4, -0.2) is 50.3 Å². The van der Waals surface area contributed by atoms with Gasteiger partial charge in [0.2, 0.25) is 5.88 Å². The number of amides is 1. The minimum Gasteiger partial charge on any atom is -0.474 e. The third-order valence-electron chi connectivity index (χ3n) is 4.41. The third-order valence-corrected chi connectivity index (χ3v) is 4.41. The largest absolute Gasteiger partial charge is 0.474 e. The quantitative estimate of drug-likeness (QED) is 0.753. The first-order valence-corrected chi connectivity index (χ1v) is 8.76. The summed E-state index contributed by atoms with van der Waals surface area (Å²) in [7, 11) is 2.92. The molecule has 27 heavy (non-hydrogen) atoms. The number of aromatic nitrogens is 1. The molecule has 0 N–H and O–H groups in total. The molecule has 0 saturated carbocycles. The molecule has 1 saturated heterocycles. The number of hydrogen-bond donors (Lipinski definition) is 0. The van der Waals surface area contributed by atoms with Gasteiger partial charge in [-0.3, -0.25) is 4.79 Å². The number of carbonyl (C=O) groups excluding carboxylic acids is 2. The normalized spacial score (nSPS) is 14.4. The number of rotatable bonds is 5. The van der Waals surface area contributed by atoms with Crippen LogP contribution in [0, 0.1) is 0 Å². The summed E-state index contributed by atoms with van der Waals surface area (Å²) in [4.78, 5) is 30.4. The van der Waals surface area contributed by atoms with Gasteiger partial charge in [0.15, 0.2) is 0 Å². The van der Waals surface area contributed by atoms with Gasteiger partial charge in [-0.05, 0) is 18.2 Å². The number of carbonyl (C=O) groups is 2. The highest BCUT2D eigenvalue weighted by Gasteiger charge is 2.21. The Morgan fingerprint density at radius 2 is 1.89 bits per heavy atom. The van der Waals surface area contributed by atoms with Crippen LogP contribution in [0.5, 0.6) is 5.88 Å². The number of pyridine rings is 1. The molecule has 1 fully saturated rings. The van der Waals surface area contributed by atoms with Gasteiger partial charge in [0, 0.05) is 32.2 Å². The predicted molar refractivity (Wildman–Crippen MR) is 99.2 cm³/mol. The first-order valence-electron chi connectivity index (χ1n) is 8.76. The second-order valence-corrected chi connectivity index (χ2v) is 6.19. The molecule has 0 unspecified atom stereocenters. The van der Waals surface area contributed by atoms with Gasteiger partial charge < -0.3 is 19.1 Å². The van der Waals surface area contributed by atoms with Crippen molar-refractivity contribution in [2.45, 2.75) is 18.9 Å². The number of hydrogen-bond acceptors (Lipinski definition) is 6. The summed E-state index contributed by atoms with van der Waals surface area (Å²) < 4.78 is 15.9. The van der Waals surface area contributed by atoms with Crippen LogP contribution in [0.1, 0.15) is 33.6 Å². The second kappa shape index (κ2) is 8.64. The minimum atomic E-state index is -0.497. The Kier molecular flexibility index (Phi) is 6.03. The monoisotopic (exact) mass is 370 g/mol. The number of anilines is 1. The molecule has 0 radical (unpaired) electrons. The molecule has 0 bridgehead atoms. The fourth-order valence-electron chi connectivity index (χ4n) is 2.89. The van der Waals surface area contributed by atoms with Crippen molar-refractivity contribution < 1.29 is 23.8 Å². The molecular formula is C20H22N2O5. The lowest BCUT2D eigenvalue weighted by molar-refractivity contribution is 0.0237. The Morgan fingerprint density at radius 3 is 2.56 bits per heavy atom. The summed E-state index contributed by atoms with van der Waals surface area (Å²) in [5, 5.41) is 0. The third kappa shape index (κ3) is 4.43. The molecule has 0 atom stereocenters. The van der Waals surface area contributed by atoms with Crippen molar-refractivity contribution in [3.05, 3.63) is 53.7 Å². The van der Waals surface area contributed by atoms with E-state index in [0.29, 0.717) is 35.9 Å². The van der Waals surface area contributed by atoms with Gasteiger partial charge in [0.05, 0.1) is 37.1 Å². The van der Waals surface area contributed by atoms with Crippen LogP contribution in [0.2, 0.25) is 0 Å². The van der Waals surface area contributed by atoms with Crippen molar-refractivity contribution in [3.63, 3.8) is 0 Å². The fraction of sp³-hybridized carbons (Fsp3) is 0.350. The summed E-state index contributed by atoms with van der Waals surface area (Å²) in [6.07, 6.45) is 3.22. The maximum Gasteiger partial charge on any atom is 0.339 e. The Bertz CT molecular complexity index is 800. The van der Waals surface area contributed by atoms with E-state index in [1.165, 1.54) is 18.2 Å². The lowest BCUT2D eigenvalue weighted by atomic mass is 10.1. The highest BCUT2D eigenvalue weighted by Crippen LogP contribution is 2.22. The topological polar surface area (TPSA) is 78.0 Å². The van der Waals surface area contributed by atoms with Crippen molar-refractivity contribution in [2.24, 2.45) is 0 Å². The van der Waals surface area contributed by atoms with Crippen LogP contribution >= 0.6 is 0 Å². The van der Waals surface area contributed by atoms with E-state index in [2.05, 4.69) is 4.98 Å². The summed E-state index contributed by atoms with van der Waals surface area (Å²) in [6, 6.07) is 10.1. The maximum absolute atomic E-state index is 12.8. The zero-order chi connectivity index (χ0) is 19.2. The molecule has 0 aliphatic carbocycles. The number of methoxy groups -OCH3 is 1. The zero-order valence-electron chi connectivity index (χ0n) is 15.4. The average Bonchev–Trinajstić information content (AvgIpc) is 2.73. The van der Waals surface area contributed by atoms with Crippen molar-refractivity contribution in [2.75, 3.05) is 32.3 Å². The van der Waals surface area contributed by atoms with E-state index >= 15 is 0 Å². The molecule has 0 spiro atoms. The second-order valence-electron chi connectivity index (χ2n) is 6.19. The smallest absolute Gasteiger partial charge is 0.339 e. The van der Waals surface area contributed by atoms with Crippen molar-refractivity contribution in [1.82, 2.24) is 4.98 Å². The van der Waals surface area contributed by atoms with Crippen LogP contribution in [0.3, 0.4) is 0 Å². The number of para-hydroxylation sites is 1. The molecule has 1 amide bonds. The van der Waals surface area contributed by atoms with E-state index in [-0.39, 0.29) is 12.0 Å². The number of ether oxygens (including phenoxy) is 3. The van der Waals surface area contributed by atoms with E-state index in [4.69, 9.17) is 14.2 Å². The molecule has 2 heterocycles. The van der Waals surface area contributed by atoms with Gasteiger partial charge in [0.25, 0.3) is 5.91 Å². The Hall–Kier alpha value is -2.93. The molecule has 7 nitrogen and oxygen atoms in total. The van der Waals surface area contributed by atoms with Gasteiger partial charge in [-0.25, -0.2) is 9.78 Å². The van der Waals surface area contributed by atoms with Crippen molar-refractivity contribution in [1.29, 1.82) is 0 Å². The average molecular weight is 370 g/mol. The van der Waals surface area contributed by atoms with Crippen LogP contribution in [-0.2, 0) is 9.47 Å². The molecule has 1 aromatic carbocycles. The van der Waals surface area contributed by atoms with E-state index < -0.39 is 5.97 Å². The summed E-state index contributed by atoms with van der Waals surface area (Å²) in [6.45, 7) is 1.37. The predicted octanol–water partition coefficient (Wildman–Crippen LogP) is 2.70. The highest BCUT2D eigenvalue weighted by molar-refractivity contribution is 6.09. The van der Waals surface area contributed by atoms with E-state index in [9.17, 15) is 9.59 Å². The van der Waals surface area contributed by atoms with Crippen LogP contribution < -0.4 is 9.64 Å². The van der Waals surface area contributed by atoms with E-state index in [0.717, 1.165) is 12.8 Å². The molecule has 142 valence electrons. The first-order chi connectivity index (χ1) is 13.1. The highest BCUT2D eigenvalue weighted by atomic mass is 16.5. The van der Waals surface area contributed by atoms with E-state index in [1.54, 1.807) is 43.4 Å². The Balaban J connectivity index is 1.73. The Morgan fingerprint density at radius 1 is 1.15 bits per heavy atom. The summed E-state index contributed by atoms with van der Waals surface area (Å²) >= 11 is 0. The van der Waals surface area contributed by atoms with Gasteiger partial charge in [-0.1, -0.05) is 12.1 Å². The SMILES string of the molecule is COC(=O)c1ccccc1N(C)C(=O)c1ccc(OC2CCOCC2)nc1. The molecular weight excluding hydrogens is 348 g/mol. The Labute approximate surface area is 157 Å². The van der Waals surface area contributed by atoms with Gasteiger partial charge in [-0.2, -0.15) is 0 Å². The molecule has 7 heteroatoms. The van der Waals surface area contributed by atoms with Crippen LogP contribution in [0.25, 0.3) is 0 Å². The lowest BCUT2D eigenvalue weighted by Crippen LogP contribution is -2.28. The van der Waals surface area contributed by atoms with Crippen molar-refractivity contribution in [3.8, 4) is 5.88 Å². The van der Waals surface area contributed by atoms with E-state index in [1.807, 2.05) is 0 Å². The lowest BCUT2D eigenvalue weighted by Gasteiger charge is -2.23. The summed E-state index contributed by atoms with van der Waals surface area (Å²) in [5.41, 5.74) is 1.19. The number of benzene rings is 1. The summed E-state index contributed by atoms with van der Waals surface area (Å²) in [5.74, 6) is -0.295. The van der Waals surface area contributed by atoms with Crippen LogP contribution in [0.4, 0.5) is 5.69 Å². The van der Waals surface area contributed by atoms with Crippen LogP contribution in [0.15, 0.2) is 42.6 Å². The molecule has 2 aromatic rings. The molecule has 3 rings (SSSR count). The molecule has 1 aliphatic heterocycles. The van der Waals surface area contributed by atoms with Gasteiger partial charge in [-0.15, -0.1) is 0 Å².